The molecule has 47 heavy (non-hydrogen) atoms. The van der Waals surface area contributed by atoms with E-state index in [0.29, 0.717) is 6.04 Å². The Bertz CT molecular complexity index is 2240. The molecule has 5 heteroatoms. The quantitative estimate of drug-likeness (QED) is 0.159. The average Bonchev–Trinajstić information content (AvgIpc) is 3.74. The lowest BCUT2D eigenvalue weighted by Gasteiger charge is -2.38. The zero-order chi connectivity index (χ0) is 32.1. The number of aromatic nitrogens is 5. The summed E-state index contributed by atoms with van der Waals surface area (Å²) in [5.74, 6) is 0. The molecule has 4 aromatic carbocycles. The van der Waals surface area contributed by atoms with Crippen LogP contribution in [0.5, 0.6) is 0 Å². The molecule has 0 fully saturated rings. The fourth-order valence-electron chi connectivity index (χ4n) is 8.04. The first kappa shape index (κ1) is 29.4. The van der Waals surface area contributed by atoms with Crippen molar-refractivity contribution in [3.05, 3.63) is 127 Å². The lowest BCUT2D eigenvalue weighted by atomic mass is 9.68. The van der Waals surface area contributed by atoms with Crippen molar-refractivity contribution in [2.75, 3.05) is 0 Å². The number of benzene rings is 4. The van der Waals surface area contributed by atoms with Crippen LogP contribution in [0.3, 0.4) is 0 Å². The van der Waals surface area contributed by atoms with Crippen molar-refractivity contribution in [1.29, 1.82) is 0 Å². The Morgan fingerprint density at radius 3 is 2.36 bits per heavy atom. The van der Waals surface area contributed by atoms with Crippen molar-refractivity contribution in [2.24, 2.45) is 0 Å². The molecule has 1 aliphatic rings. The second kappa shape index (κ2) is 11.6. The van der Waals surface area contributed by atoms with Gasteiger partial charge in [-0.3, -0.25) is 0 Å². The third kappa shape index (κ3) is 4.71. The molecule has 0 saturated carbocycles. The SMILES string of the molecule is CCCCc1ccc2c(c1)c1cc(-c3cn(-c4ccc5c(c4)-c4cccc[n+]4C(CC)C5(C)CC)nn3)ccc1n2-c1ccccc1. The maximum Gasteiger partial charge on any atom is 0.213 e. The molecule has 0 amide bonds. The molecular weight excluding hydrogens is 574 g/mol. The van der Waals surface area contributed by atoms with Gasteiger partial charge in [0, 0.05) is 40.6 Å². The summed E-state index contributed by atoms with van der Waals surface area (Å²) in [7, 11) is 0. The summed E-state index contributed by atoms with van der Waals surface area (Å²) in [6.45, 7) is 9.30. The Kier molecular flexibility index (Phi) is 7.28. The summed E-state index contributed by atoms with van der Waals surface area (Å²) < 4.78 is 6.79. The van der Waals surface area contributed by atoms with Gasteiger partial charge in [0.05, 0.1) is 33.9 Å². The number of nitrogens with zero attached hydrogens (tertiary/aromatic N) is 5. The Labute approximate surface area is 277 Å². The van der Waals surface area contributed by atoms with Gasteiger partial charge in [-0.15, -0.1) is 5.10 Å². The molecular formula is C42H42N5+. The molecule has 0 spiro atoms. The second-order valence-electron chi connectivity index (χ2n) is 13.3. The molecule has 0 bridgehead atoms. The molecule has 2 atom stereocenters. The number of unbranched alkanes of at least 4 members (excludes halogenated alkanes) is 1. The minimum atomic E-state index is 0.0555. The highest BCUT2D eigenvalue weighted by atomic mass is 15.4. The number of para-hydroxylation sites is 1. The van der Waals surface area contributed by atoms with Gasteiger partial charge in [-0.05, 0) is 91.9 Å². The largest absolute Gasteiger partial charge is 0.309 e. The number of hydrogen-bond donors (Lipinski definition) is 0. The summed E-state index contributed by atoms with van der Waals surface area (Å²) in [6.07, 6.45) is 9.97. The van der Waals surface area contributed by atoms with E-state index < -0.39 is 0 Å². The van der Waals surface area contributed by atoms with Crippen LogP contribution >= 0.6 is 0 Å². The van der Waals surface area contributed by atoms with Crippen LogP contribution in [0.25, 0.3) is 55.7 Å². The summed E-state index contributed by atoms with van der Waals surface area (Å²) in [6, 6.07) is 38.2. The summed E-state index contributed by atoms with van der Waals surface area (Å²) in [5.41, 5.74) is 12.0. The summed E-state index contributed by atoms with van der Waals surface area (Å²) in [4.78, 5) is 0. The average molecular weight is 617 g/mol. The highest BCUT2D eigenvalue weighted by molar-refractivity contribution is 6.10. The summed E-state index contributed by atoms with van der Waals surface area (Å²) >= 11 is 0. The van der Waals surface area contributed by atoms with Gasteiger partial charge < -0.3 is 4.57 Å². The Morgan fingerprint density at radius 1 is 0.787 bits per heavy atom. The first-order chi connectivity index (χ1) is 23.0. The normalized spacial score (nSPS) is 17.2. The third-order valence-corrected chi connectivity index (χ3v) is 10.7. The maximum absolute atomic E-state index is 4.70. The molecule has 0 radical (unpaired) electrons. The first-order valence-electron chi connectivity index (χ1n) is 17.2. The Morgan fingerprint density at radius 2 is 1.57 bits per heavy atom. The van der Waals surface area contributed by atoms with Gasteiger partial charge in [-0.1, -0.05) is 68.8 Å². The minimum Gasteiger partial charge on any atom is -0.309 e. The standard InChI is InChI=1S/C42H42N5/c1-5-8-14-29-18-22-39-33(25-29)34-26-30(19-23-40(34)47(39)31-15-10-9-11-16-31)37-28-46(44-43-37)32-20-21-36-35(27-32)38-17-12-13-24-45(38)41(6-2)42(36,4)7-3/h9-13,15-28,41H,5-8,14H2,1-4H3/q+1. The van der Waals surface area contributed by atoms with Crippen LogP contribution in [0.1, 0.15) is 70.5 Å². The van der Waals surface area contributed by atoms with Crippen LogP contribution in [0.15, 0.2) is 116 Å². The van der Waals surface area contributed by atoms with Crippen molar-refractivity contribution >= 4 is 21.8 Å². The third-order valence-electron chi connectivity index (χ3n) is 10.7. The van der Waals surface area contributed by atoms with Crippen molar-refractivity contribution in [3.8, 4) is 33.9 Å². The molecule has 4 heterocycles. The summed E-state index contributed by atoms with van der Waals surface area (Å²) in [5, 5.41) is 11.9. The van der Waals surface area contributed by atoms with Crippen LogP contribution in [0, 0.1) is 0 Å². The Hall–Kier alpha value is -5.03. The zero-order valence-corrected chi connectivity index (χ0v) is 27.8. The lowest BCUT2D eigenvalue weighted by Crippen LogP contribution is -2.54. The highest BCUT2D eigenvalue weighted by Crippen LogP contribution is 2.46. The lowest BCUT2D eigenvalue weighted by molar-refractivity contribution is -0.724. The van der Waals surface area contributed by atoms with Crippen molar-refractivity contribution in [1.82, 2.24) is 19.6 Å². The van der Waals surface area contributed by atoms with Crippen LogP contribution in [0.4, 0.5) is 0 Å². The van der Waals surface area contributed by atoms with E-state index in [2.05, 4.69) is 158 Å². The molecule has 0 N–H and O–H groups in total. The molecule has 5 nitrogen and oxygen atoms in total. The molecule has 1 aliphatic heterocycles. The molecule has 2 unspecified atom stereocenters. The molecule has 234 valence electrons. The highest BCUT2D eigenvalue weighted by Gasteiger charge is 2.46. The van der Waals surface area contributed by atoms with E-state index in [9.17, 15) is 0 Å². The second-order valence-corrected chi connectivity index (χ2v) is 13.3. The smallest absolute Gasteiger partial charge is 0.213 e. The number of pyridine rings is 1. The van der Waals surface area contributed by atoms with Gasteiger partial charge in [-0.2, -0.15) is 4.57 Å². The molecule has 0 saturated heterocycles. The predicted molar refractivity (Wildman–Crippen MR) is 192 cm³/mol. The topological polar surface area (TPSA) is 39.5 Å². The minimum absolute atomic E-state index is 0.0555. The van der Waals surface area contributed by atoms with Crippen LogP contribution in [-0.4, -0.2) is 19.6 Å². The van der Waals surface area contributed by atoms with E-state index in [1.54, 1.807) is 0 Å². The fraction of sp³-hybridized carbons (Fsp3) is 0.262. The van der Waals surface area contributed by atoms with Crippen LogP contribution < -0.4 is 4.57 Å². The van der Waals surface area contributed by atoms with Crippen molar-refractivity contribution in [3.63, 3.8) is 0 Å². The van der Waals surface area contributed by atoms with E-state index >= 15 is 0 Å². The van der Waals surface area contributed by atoms with Crippen molar-refractivity contribution in [2.45, 2.75) is 71.3 Å². The van der Waals surface area contributed by atoms with Gasteiger partial charge in [0.1, 0.15) is 5.69 Å². The maximum atomic E-state index is 4.70. The van der Waals surface area contributed by atoms with E-state index in [4.69, 9.17) is 5.10 Å². The van der Waals surface area contributed by atoms with Crippen LogP contribution in [0.2, 0.25) is 0 Å². The number of hydrogen-bond acceptors (Lipinski definition) is 2. The molecule has 8 rings (SSSR count). The molecule has 0 aliphatic carbocycles. The fourth-order valence-corrected chi connectivity index (χ4v) is 8.04. The van der Waals surface area contributed by atoms with E-state index in [-0.39, 0.29) is 5.41 Å². The van der Waals surface area contributed by atoms with E-state index in [1.165, 1.54) is 62.7 Å². The van der Waals surface area contributed by atoms with Gasteiger partial charge in [0.15, 0.2) is 12.2 Å². The monoisotopic (exact) mass is 616 g/mol. The van der Waals surface area contributed by atoms with E-state index in [0.717, 1.165) is 36.2 Å². The molecule has 3 aromatic heterocycles. The molecule has 7 aromatic rings. The van der Waals surface area contributed by atoms with Gasteiger partial charge in [0.2, 0.25) is 5.69 Å². The van der Waals surface area contributed by atoms with Gasteiger partial charge >= 0.3 is 0 Å². The Balaban J connectivity index is 1.22. The van der Waals surface area contributed by atoms with E-state index in [1.807, 2.05) is 4.68 Å². The number of rotatable bonds is 8. The van der Waals surface area contributed by atoms with Crippen LogP contribution in [-0.2, 0) is 11.8 Å². The zero-order valence-electron chi connectivity index (χ0n) is 27.8. The number of fused-ring (bicyclic) bond motifs is 6. The van der Waals surface area contributed by atoms with Gasteiger partial charge in [-0.25, -0.2) is 4.68 Å². The van der Waals surface area contributed by atoms with Crippen molar-refractivity contribution < 1.29 is 4.57 Å². The first-order valence-corrected chi connectivity index (χ1v) is 17.2. The predicted octanol–water partition coefficient (Wildman–Crippen LogP) is 9.96. The van der Waals surface area contributed by atoms with Gasteiger partial charge in [0.25, 0.3) is 0 Å². The number of aryl methyl sites for hydroxylation is 1.